The molecule has 4 rings (SSSR count). The van der Waals surface area contributed by atoms with E-state index >= 15 is 0 Å². The van der Waals surface area contributed by atoms with Crippen LogP contribution in [0.25, 0.3) is 21.1 Å². The predicted molar refractivity (Wildman–Crippen MR) is 109 cm³/mol. The summed E-state index contributed by atoms with van der Waals surface area (Å²) in [6, 6.07) is 12.2. The molecule has 142 valence electrons. The van der Waals surface area contributed by atoms with E-state index in [2.05, 4.69) is 20.0 Å². The van der Waals surface area contributed by atoms with E-state index in [1.807, 2.05) is 18.2 Å². The molecule has 2 heterocycles. The van der Waals surface area contributed by atoms with Crippen molar-refractivity contribution in [1.82, 2.24) is 14.7 Å². The van der Waals surface area contributed by atoms with Gasteiger partial charge in [-0.25, -0.2) is 18.1 Å². The number of benzene rings is 2. The molecule has 0 aliphatic heterocycles. The minimum atomic E-state index is -3.87. The lowest BCUT2D eigenvalue weighted by Gasteiger charge is -2.11. The quantitative estimate of drug-likeness (QED) is 0.445. The van der Waals surface area contributed by atoms with Crippen LogP contribution in [0.1, 0.15) is 0 Å². The molecule has 4 aromatic rings. The van der Waals surface area contributed by atoms with Crippen molar-refractivity contribution in [2.75, 3.05) is 11.9 Å². The Kier molecular flexibility index (Phi) is 4.67. The molecule has 0 radical (unpaired) electrons. The lowest BCUT2D eigenvalue weighted by Crippen LogP contribution is -2.33. The molecular formula is C18H15N5O3S2. The standard InChI is InChI=1S/C18H15N5O3S2/c19-18(24)9-22-28(25,26)12-2-3-14-13(8-12)15(5-6-20-14)23-11-1-4-17-16(7-11)21-10-27-17/h1-8,10,22H,9H2,(H2,19,24)(H,20,23). The van der Waals surface area contributed by atoms with Crippen LogP contribution in [0.2, 0.25) is 0 Å². The van der Waals surface area contributed by atoms with Crippen molar-refractivity contribution < 1.29 is 13.2 Å². The van der Waals surface area contributed by atoms with E-state index < -0.39 is 22.5 Å². The molecular weight excluding hydrogens is 398 g/mol. The number of sulfonamides is 1. The van der Waals surface area contributed by atoms with Crippen LogP contribution in [0, 0.1) is 0 Å². The van der Waals surface area contributed by atoms with Crippen LogP contribution in [0.3, 0.4) is 0 Å². The second kappa shape index (κ2) is 7.15. The summed E-state index contributed by atoms with van der Waals surface area (Å²) in [5.41, 5.74) is 9.84. The van der Waals surface area contributed by atoms with Gasteiger partial charge in [0.05, 0.1) is 32.7 Å². The van der Waals surface area contributed by atoms with Gasteiger partial charge in [-0.1, -0.05) is 0 Å². The molecule has 0 aliphatic rings. The number of carbonyl (C=O) groups is 1. The van der Waals surface area contributed by atoms with Gasteiger partial charge in [0.15, 0.2) is 0 Å². The van der Waals surface area contributed by atoms with E-state index in [1.54, 1.807) is 35.2 Å². The zero-order chi connectivity index (χ0) is 19.7. The Hall–Kier alpha value is -3.08. The Balaban J connectivity index is 1.73. The maximum Gasteiger partial charge on any atom is 0.241 e. The Bertz CT molecular complexity index is 1300. The van der Waals surface area contributed by atoms with Gasteiger partial charge in [0, 0.05) is 23.0 Å². The number of fused-ring (bicyclic) bond motifs is 2. The third-order valence-electron chi connectivity index (χ3n) is 4.07. The van der Waals surface area contributed by atoms with Crippen molar-refractivity contribution in [3.05, 3.63) is 54.2 Å². The number of rotatable bonds is 6. The molecule has 0 unspecified atom stereocenters. The van der Waals surface area contributed by atoms with Gasteiger partial charge in [-0.05, 0) is 42.5 Å². The van der Waals surface area contributed by atoms with Crippen LogP contribution in [-0.4, -0.2) is 30.8 Å². The molecule has 0 bridgehead atoms. The average Bonchev–Trinajstić information content (AvgIpc) is 3.14. The summed E-state index contributed by atoms with van der Waals surface area (Å²) in [4.78, 5) is 19.5. The minimum absolute atomic E-state index is 0.0206. The first-order chi connectivity index (χ1) is 13.4. The van der Waals surface area contributed by atoms with E-state index in [9.17, 15) is 13.2 Å². The first-order valence-corrected chi connectivity index (χ1v) is 10.6. The highest BCUT2D eigenvalue weighted by molar-refractivity contribution is 7.89. The summed E-state index contributed by atoms with van der Waals surface area (Å²) >= 11 is 1.56. The molecule has 28 heavy (non-hydrogen) atoms. The average molecular weight is 413 g/mol. The lowest BCUT2D eigenvalue weighted by molar-refractivity contribution is -0.116. The van der Waals surface area contributed by atoms with Crippen molar-refractivity contribution in [2.45, 2.75) is 4.90 Å². The van der Waals surface area contributed by atoms with Gasteiger partial charge in [0.1, 0.15) is 0 Å². The van der Waals surface area contributed by atoms with Gasteiger partial charge in [-0.3, -0.25) is 9.78 Å². The summed E-state index contributed by atoms with van der Waals surface area (Å²) in [5.74, 6) is -0.759. The van der Waals surface area contributed by atoms with Crippen LogP contribution in [0.4, 0.5) is 11.4 Å². The third kappa shape index (κ3) is 3.65. The number of nitrogens with one attached hydrogen (secondary N) is 2. The maximum atomic E-state index is 12.4. The Morgan fingerprint density at radius 3 is 2.75 bits per heavy atom. The molecule has 2 aromatic heterocycles. The molecule has 8 nitrogen and oxygen atoms in total. The number of thiazole rings is 1. The monoisotopic (exact) mass is 413 g/mol. The zero-order valence-corrected chi connectivity index (χ0v) is 16.0. The summed E-state index contributed by atoms with van der Waals surface area (Å²) in [6.45, 7) is -0.466. The van der Waals surface area contributed by atoms with E-state index in [-0.39, 0.29) is 4.90 Å². The second-order valence-corrected chi connectivity index (χ2v) is 8.64. The lowest BCUT2D eigenvalue weighted by atomic mass is 10.2. The molecule has 0 aliphatic carbocycles. The summed E-state index contributed by atoms with van der Waals surface area (Å²) in [5, 5.41) is 3.92. The number of pyridine rings is 1. The van der Waals surface area contributed by atoms with Crippen molar-refractivity contribution >= 4 is 59.8 Å². The van der Waals surface area contributed by atoms with E-state index in [1.165, 1.54) is 12.1 Å². The van der Waals surface area contributed by atoms with Crippen molar-refractivity contribution in [2.24, 2.45) is 5.73 Å². The highest BCUT2D eigenvalue weighted by Crippen LogP contribution is 2.29. The van der Waals surface area contributed by atoms with Crippen molar-refractivity contribution in [3.63, 3.8) is 0 Å². The summed E-state index contributed by atoms with van der Waals surface area (Å²) < 4.78 is 28.1. The fourth-order valence-corrected chi connectivity index (χ4v) is 4.42. The van der Waals surface area contributed by atoms with Crippen molar-refractivity contribution in [3.8, 4) is 0 Å². The molecule has 1 amide bonds. The smallest absolute Gasteiger partial charge is 0.241 e. The van der Waals surface area contributed by atoms with E-state index in [0.717, 1.165) is 15.9 Å². The SMILES string of the molecule is NC(=O)CNS(=O)(=O)c1ccc2nccc(Nc3ccc4scnc4c3)c2c1. The van der Waals surface area contributed by atoms with E-state index in [4.69, 9.17) is 5.73 Å². The Morgan fingerprint density at radius 2 is 1.93 bits per heavy atom. The van der Waals surface area contributed by atoms with Gasteiger partial charge in [0.2, 0.25) is 15.9 Å². The number of hydrogen-bond acceptors (Lipinski definition) is 7. The van der Waals surface area contributed by atoms with E-state index in [0.29, 0.717) is 16.6 Å². The fourth-order valence-electron chi connectivity index (χ4n) is 2.74. The van der Waals surface area contributed by atoms with Crippen LogP contribution >= 0.6 is 11.3 Å². The number of nitrogens with two attached hydrogens (primary N) is 1. The van der Waals surface area contributed by atoms with Gasteiger partial charge in [-0.15, -0.1) is 11.3 Å². The molecule has 10 heteroatoms. The van der Waals surface area contributed by atoms with Crippen molar-refractivity contribution in [1.29, 1.82) is 0 Å². The van der Waals surface area contributed by atoms with Crippen LogP contribution in [0.5, 0.6) is 0 Å². The van der Waals surface area contributed by atoms with Crippen LogP contribution in [-0.2, 0) is 14.8 Å². The number of aromatic nitrogens is 2. The normalized spacial score (nSPS) is 11.7. The molecule has 0 fully saturated rings. The molecule has 0 saturated heterocycles. The Morgan fingerprint density at radius 1 is 1.07 bits per heavy atom. The fraction of sp³-hybridized carbons (Fsp3) is 0.0556. The zero-order valence-electron chi connectivity index (χ0n) is 14.4. The minimum Gasteiger partial charge on any atom is -0.369 e. The number of carbonyl (C=O) groups excluding carboxylic acids is 1. The third-order valence-corrected chi connectivity index (χ3v) is 6.28. The Labute approximate surface area is 164 Å². The number of nitrogens with zero attached hydrogens (tertiary/aromatic N) is 2. The van der Waals surface area contributed by atoms with Crippen LogP contribution in [0.15, 0.2) is 59.1 Å². The molecule has 4 N–H and O–H groups in total. The number of anilines is 2. The number of hydrogen-bond donors (Lipinski definition) is 3. The topological polar surface area (TPSA) is 127 Å². The van der Waals surface area contributed by atoms with Gasteiger partial charge in [0.25, 0.3) is 0 Å². The van der Waals surface area contributed by atoms with Gasteiger partial charge in [-0.2, -0.15) is 0 Å². The second-order valence-electron chi connectivity index (χ2n) is 5.99. The number of amides is 1. The predicted octanol–water partition coefficient (Wildman–Crippen LogP) is 2.35. The first kappa shape index (κ1) is 18.3. The molecule has 0 atom stereocenters. The van der Waals surface area contributed by atoms with Gasteiger partial charge >= 0.3 is 0 Å². The summed E-state index contributed by atoms with van der Waals surface area (Å²) in [6.07, 6.45) is 1.64. The highest BCUT2D eigenvalue weighted by atomic mass is 32.2. The summed E-state index contributed by atoms with van der Waals surface area (Å²) in [7, 11) is -3.87. The number of primary amides is 1. The first-order valence-electron chi connectivity index (χ1n) is 8.19. The highest BCUT2D eigenvalue weighted by Gasteiger charge is 2.16. The molecule has 2 aromatic carbocycles. The largest absolute Gasteiger partial charge is 0.369 e. The maximum absolute atomic E-state index is 12.4. The van der Waals surface area contributed by atoms with Gasteiger partial charge < -0.3 is 11.1 Å². The molecule has 0 spiro atoms. The van der Waals surface area contributed by atoms with Crippen LogP contribution < -0.4 is 15.8 Å². The molecule has 0 saturated carbocycles.